The van der Waals surface area contributed by atoms with Crippen LogP contribution >= 0.6 is 0 Å². The van der Waals surface area contributed by atoms with Crippen LogP contribution in [0.2, 0.25) is 0 Å². The van der Waals surface area contributed by atoms with Crippen molar-refractivity contribution in [3.8, 4) is 0 Å². The first kappa shape index (κ1) is 19.9. The minimum absolute atomic E-state index is 0.230. The van der Waals surface area contributed by atoms with E-state index in [0.29, 0.717) is 0 Å². The van der Waals surface area contributed by atoms with E-state index >= 15 is 0 Å². The summed E-state index contributed by atoms with van der Waals surface area (Å²) in [5.74, 6) is 0. The highest BCUT2D eigenvalue weighted by Crippen LogP contribution is 2.25. The van der Waals surface area contributed by atoms with Gasteiger partial charge in [0.2, 0.25) is 0 Å². The molecule has 26 heavy (non-hydrogen) atoms. The van der Waals surface area contributed by atoms with Crippen molar-refractivity contribution in [1.82, 2.24) is 5.32 Å². The van der Waals surface area contributed by atoms with Crippen LogP contribution in [0.1, 0.15) is 38.0 Å². The Balaban J connectivity index is 2.05. The van der Waals surface area contributed by atoms with Gasteiger partial charge in [-0.05, 0) is 31.9 Å². The molecule has 1 atom stereocenters. The highest BCUT2D eigenvalue weighted by atomic mass is 16.6. The Morgan fingerprint density at radius 2 is 1.50 bits per heavy atom. The lowest BCUT2D eigenvalue weighted by molar-refractivity contribution is 0.0368. The molecule has 0 heterocycles. The first-order valence-corrected chi connectivity index (χ1v) is 8.80. The van der Waals surface area contributed by atoms with E-state index in [4.69, 9.17) is 15.2 Å². The lowest BCUT2D eigenvalue weighted by Crippen LogP contribution is -2.45. The lowest BCUT2D eigenvalue weighted by Gasteiger charge is -2.25. The minimum Gasteiger partial charge on any atom is -0.444 e. The number of nitrogens with one attached hydrogen (secondary N) is 1. The summed E-state index contributed by atoms with van der Waals surface area (Å²) in [6, 6.07) is 19.6. The smallest absolute Gasteiger partial charge is 0.407 e. The zero-order valence-electron chi connectivity index (χ0n) is 15.6. The van der Waals surface area contributed by atoms with Gasteiger partial charge in [0.1, 0.15) is 11.7 Å². The molecule has 0 fully saturated rings. The largest absolute Gasteiger partial charge is 0.444 e. The molecule has 2 rings (SSSR count). The predicted molar refractivity (Wildman–Crippen MR) is 103 cm³/mol. The SMILES string of the molecule is CC(C)(C)OC(=O)N[C@H](CN)COC(c1ccccc1)c1ccccc1. The van der Waals surface area contributed by atoms with Crippen LogP contribution in [0, 0.1) is 0 Å². The maximum absolute atomic E-state index is 12.0. The van der Waals surface area contributed by atoms with Gasteiger partial charge in [-0.3, -0.25) is 0 Å². The third-order valence-electron chi connectivity index (χ3n) is 3.67. The first-order chi connectivity index (χ1) is 12.4. The van der Waals surface area contributed by atoms with Gasteiger partial charge >= 0.3 is 6.09 Å². The molecule has 0 aromatic heterocycles. The summed E-state index contributed by atoms with van der Waals surface area (Å²) in [6.45, 7) is 6.00. The Bertz CT molecular complexity index is 629. The van der Waals surface area contributed by atoms with Gasteiger partial charge in [0, 0.05) is 6.54 Å². The van der Waals surface area contributed by atoms with E-state index < -0.39 is 11.7 Å². The molecule has 0 saturated carbocycles. The second kappa shape index (κ2) is 9.36. The third-order valence-corrected chi connectivity index (χ3v) is 3.67. The van der Waals surface area contributed by atoms with E-state index in [0.717, 1.165) is 11.1 Å². The van der Waals surface area contributed by atoms with E-state index in [2.05, 4.69) is 5.32 Å². The number of carbonyl (C=O) groups is 1. The van der Waals surface area contributed by atoms with Gasteiger partial charge in [-0.15, -0.1) is 0 Å². The second-order valence-electron chi connectivity index (χ2n) is 7.11. The van der Waals surface area contributed by atoms with Crippen LogP contribution in [0.3, 0.4) is 0 Å². The van der Waals surface area contributed by atoms with Crippen molar-refractivity contribution in [2.45, 2.75) is 38.5 Å². The fraction of sp³-hybridized carbons (Fsp3) is 0.381. The topological polar surface area (TPSA) is 73.6 Å². The van der Waals surface area contributed by atoms with Gasteiger partial charge in [0.25, 0.3) is 0 Å². The van der Waals surface area contributed by atoms with Crippen molar-refractivity contribution in [2.75, 3.05) is 13.2 Å². The van der Waals surface area contributed by atoms with Gasteiger partial charge in [-0.2, -0.15) is 0 Å². The highest BCUT2D eigenvalue weighted by molar-refractivity contribution is 5.68. The number of rotatable bonds is 7. The molecule has 140 valence electrons. The Morgan fingerprint density at radius 3 is 1.92 bits per heavy atom. The molecule has 5 nitrogen and oxygen atoms in total. The molecule has 0 bridgehead atoms. The van der Waals surface area contributed by atoms with Gasteiger partial charge < -0.3 is 20.5 Å². The van der Waals surface area contributed by atoms with Gasteiger partial charge in [-0.1, -0.05) is 60.7 Å². The van der Waals surface area contributed by atoms with Crippen LogP contribution in [0.25, 0.3) is 0 Å². The molecule has 0 spiro atoms. The number of benzene rings is 2. The normalized spacial score (nSPS) is 12.7. The minimum atomic E-state index is -0.555. The van der Waals surface area contributed by atoms with Crippen LogP contribution < -0.4 is 11.1 Å². The van der Waals surface area contributed by atoms with Crippen LogP contribution in [0.4, 0.5) is 4.79 Å². The molecule has 2 aromatic carbocycles. The van der Waals surface area contributed by atoms with Gasteiger partial charge in [-0.25, -0.2) is 4.79 Å². The average molecular weight is 356 g/mol. The average Bonchev–Trinajstić information content (AvgIpc) is 2.61. The molecule has 0 unspecified atom stereocenters. The van der Waals surface area contributed by atoms with Crippen molar-refractivity contribution in [3.05, 3.63) is 71.8 Å². The molecule has 3 N–H and O–H groups in total. The Hall–Kier alpha value is -2.37. The third kappa shape index (κ3) is 6.50. The predicted octanol–water partition coefficient (Wildman–Crippen LogP) is 3.64. The van der Waals surface area contributed by atoms with Crippen molar-refractivity contribution in [2.24, 2.45) is 5.73 Å². The number of ether oxygens (including phenoxy) is 2. The summed E-state index contributed by atoms with van der Waals surface area (Å²) < 4.78 is 11.4. The Morgan fingerprint density at radius 1 is 1.00 bits per heavy atom. The second-order valence-corrected chi connectivity index (χ2v) is 7.11. The molecule has 1 amide bonds. The van der Waals surface area contributed by atoms with Gasteiger partial charge in [0.05, 0.1) is 12.6 Å². The summed E-state index contributed by atoms with van der Waals surface area (Å²) in [7, 11) is 0. The van der Waals surface area contributed by atoms with Gasteiger partial charge in [0.15, 0.2) is 0 Å². The van der Waals surface area contributed by atoms with E-state index in [1.54, 1.807) is 0 Å². The molecule has 0 saturated heterocycles. The maximum atomic E-state index is 12.0. The molecule has 2 aromatic rings. The number of amides is 1. The van der Waals surface area contributed by atoms with E-state index in [9.17, 15) is 4.79 Å². The summed E-state index contributed by atoms with van der Waals surface area (Å²) in [6.07, 6.45) is -0.723. The Labute approximate surface area is 155 Å². The molecular weight excluding hydrogens is 328 g/mol. The van der Waals surface area contributed by atoms with Crippen LogP contribution in [0.5, 0.6) is 0 Å². The standard InChI is InChI=1S/C21H28N2O3/c1-21(2,3)26-20(24)23-18(14-22)15-25-19(16-10-6-4-7-11-16)17-12-8-5-9-13-17/h4-13,18-19H,14-15,22H2,1-3H3,(H,23,24)/t18-/m1/s1. The zero-order valence-corrected chi connectivity index (χ0v) is 15.6. The molecular formula is C21H28N2O3. The number of hydrogen-bond donors (Lipinski definition) is 2. The zero-order chi connectivity index (χ0) is 19.0. The van der Waals surface area contributed by atoms with Crippen molar-refractivity contribution in [3.63, 3.8) is 0 Å². The summed E-state index contributed by atoms with van der Waals surface area (Å²) >= 11 is 0. The fourth-order valence-electron chi connectivity index (χ4n) is 2.50. The van der Waals surface area contributed by atoms with E-state index in [1.165, 1.54) is 0 Å². The van der Waals surface area contributed by atoms with Crippen LogP contribution in [-0.4, -0.2) is 30.9 Å². The fourth-order valence-corrected chi connectivity index (χ4v) is 2.50. The molecule has 0 aliphatic carbocycles. The Kier molecular flexibility index (Phi) is 7.18. The van der Waals surface area contributed by atoms with Crippen LogP contribution in [-0.2, 0) is 9.47 Å². The van der Waals surface area contributed by atoms with Crippen LogP contribution in [0.15, 0.2) is 60.7 Å². The molecule has 5 heteroatoms. The van der Waals surface area contributed by atoms with Crippen molar-refractivity contribution < 1.29 is 14.3 Å². The summed E-state index contributed by atoms with van der Waals surface area (Å²) in [4.78, 5) is 12.0. The number of alkyl carbamates (subject to hydrolysis) is 1. The summed E-state index contributed by atoms with van der Waals surface area (Å²) in [5.41, 5.74) is 7.34. The van der Waals surface area contributed by atoms with Crippen molar-refractivity contribution in [1.29, 1.82) is 0 Å². The van der Waals surface area contributed by atoms with Crippen molar-refractivity contribution >= 4 is 6.09 Å². The molecule has 0 radical (unpaired) electrons. The van der Waals surface area contributed by atoms with E-state index in [1.807, 2.05) is 81.4 Å². The number of hydrogen-bond acceptors (Lipinski definition) is 4. The molecule has 0 aliphatic heterocycles. The lowest BCUT2D eigenvalue weighted by atomic mass is 10.0. The molecule has 0 aliphatic rings. The highest BCUT2D eigenvalue weighted by Gasteiger charge is 2.21. The summed E-state index contributed by atoms with van der Waals surface area (Å²) in [5, 5.41) is 2.77. The monoisotopic (exact) mass is 356 g/mol. The first-order valence-electron chi connectivity index (χ1n) is 8.80. The quantitative estimate of drug-likeness (QED) is 0.794. The van der Waals surface area contributed by atoms with E-state index in [-0.39, 0.29) is 25.3 Å². The number of nitrogens with two attached hydrogens (primary N) is 1. The maximum Gasteiger partial charge on any atom is 0.407 e. The number of carbonyl (C=O) groups excluding carboxylic acids is 1.